The Hall–Kier alpha value is -2.80. The van der Waals surface area contributed by atoms with E-state index in [1.165, 1.54) is 11.8 Å². The zero-order valence-corrected chi connectivity index (χ0v) is 16.6. The fourth-order valence-corrected chi connectivity index (χ4v) is 3.97. The zero-order chi connectivity index (χ0) is 19.5. The maximum absolute atomic E-state index is 12.5. The molecule has 1 aromatic heterocycles. The molecule has 2 heterocycles. The van der Waals surface area contributed by atoms with Crippen molar-refractivity contribution in [1.82, 2.24) is 15.3 Å². The number of nitrogens with zero attached hydrogens (tertiary/aromatic N) is 2. The number of nitrogens with one attached hydrogen (secondary N) is 1. The largest absolute Gasteiger partial charge is 0.486 e. The summed E-state index contributed by atoms with van der Waals surface area (Å²) in [5.74, 6) is 2.41. The number of ether oxygens (including phenoxy) is 2. The fraction of sp³-hybridized carbons (Fsp3) is 0.286. The van der Waals surface area contributed by atoms with Gasteiger partial charge in [0, 0.05) is 5.39 Å². The molecule has 0 spiro atoms. The number of rotatable bonds is 5. The molecule has 0 saturated heterocycles. The molecular weight excluding hydrogens is 374 g/mol. The molecule has 7 heteroatoms. The Bertz CT molecular complexity index is 1020. The Kier molecular flexibility index (Phi) is 5.34. The molecule has 0 fully saturated rings. The average Bonchev–Trinajstić information content (AvgIpc) is 2.71. The summed E-state index contributed by atoms with van der Waals surface area (Å²) in [6, 6.07) is 13.5. The molecule has 0 radical (unpaired) electrons. The zero-order valence-electron chi connectivity index (χ0n) is 15.8. The first-order valence-corrected chi connectivity index (χ1v) is 10.1. The Balaban J connectivity index is 1.41. The number of amides is 1. The van der Waals surface area contributed by atoms with Crippen LogP contribution in [0.3, 0.4) is 0 Å². The Labute approximate surface area is 167 Å². The van der Waals surface area contributed by atoms with Gasteiger partial charge in [0.15, 0.2) is 11.5 Å². The second-order valence-electron chi connectivity index (χ2n) is 6.57. The van der Waals surface area contributed by atoms with E-state index in [4.69, 9.17) is 9.47 Å². The van der Waals surface area contributed by atoms with Gasteiger partial charge in [0.2, 0.25) is 5.91 Å². The number of fused-ring (bicyclic) bond motifs is 2. The summed E-state index contributed by atoms with van der Waals surface area (Å²) in [6.45, 7) is 4.92. The van der Waals surface area contributed by atoms with E-state index in [-0.39, 0.29) is 17.7 Å². The smallest absolute Gasteiger partial charge is 0.230 e. The van der Waals surface area contributed by atoms with Gasteiger partial charge in [-0.2, -0.15) is 0 Å². The Morgan fingerprint density at radius 3 is 2.79 bits per heavy atom. The third-order valence-corrected chi connectivity index (χ3v) is 5.45. The quantitative estimate of drug-likeness (QED) is 0.525. The summed E-state index contributed by atoms with van der Waals surface area (Å²) in [5.41, 5.74) is 1.87. The predicted octanol–water partition coefficient (Wildman–Crippen LogP) is 3.68. The van der Waals surface area contributed by atoms with Gasteiger partial charge in [0.1, 0.15) is 24.1 Å². The number of thioether (sulfide) groups is 1. The van der Waals surface area contributed by atoms with Crippen molar-refractivity contribution in [3.05, 3.63) is 53.9 Å². The van der Waals surface area contributed by atoms with E-state index >= 15 is 0 Å². The highest BCUT2D eigenvalue weighted by atomic mass is 32.2. The van der Waals surface area contributed by atoms with Gasteiger partial charge in [0.05, 0.1) is 17.3 Å². The van der Waals surface area contributed by atoms with Crippen molar-refractivity contribution < 1.29 is 14.3 Å². The van der Waals surface area contributed by atoms with Gasteiger partial charge in [-0.1, -0.05) is 36.0 Å². The standard InChI is InChI=1S/C21H21N3O3S/c1-13(15-7-8-18-19(11-15)27-10-9-26-18)22-20(25)12-28-21-16-5-3-4-6-17(16)23-14(2)24-21/h3-8,11,13H,9-10,12H2,1-2H3,(H,22,25)/t13-/m0/s1. The predicted molar refractivity (Wildman–Crippen MR) is 109 cm³/mol. The van der Waals surface area contributed by atoms with Gasteiger partial charge in [-0.25, -0.2) is 9.97 Å². The summed E-state index contributed by atoms with van der Waals surface area (Å²) >= 11 is 1.42. The molecule has 3 aromatic rings. The summed E-state index contributed by atoms with van der Waals surface area (Å²) in [7, 11) is 0. The lowest BCUT2D eigenvalue weighted by atomic mass is 10.1. The first-order chi connectivity index (χ1) is 13.6. The van der Waals surface area contributed by atoms with Crippen LogP contribution in [0.4, 0.5) is 0 Å². The number of benzene rings is 2. The van der Waals surface area contributed by atoms with Crippen LogP contribution in [0.15, 0.2) is 47.5 Å². The molecule has 28 heavy (non-hydrogen) atoms. The van der Waals surface area contributed by atoms with E-state index in [1.54, 1.807) is 0 Å². The first-order valence-electron chi connectivity index (χ1n) is 9.15. The number of hydrogen-bond donors (Lipinski definition) is 1. The van der Waals surface area contributed by atoms with Crippen molar-refractivity contribution in [1.29, 1.82) is 0 Å². The first kappa shape index (κ1) is 18.6. The second kappa shape index (κ2) is 8.06. The molecule has 0 bridgehead atoms. The molecule has 6 nitrogen and oxygen atoms in total. The average molecular weight is 395 g/mol. The maximum atomic E-state index is 12.5. The number of hydrogen-bond acceptors (Lipinski definition) is 6. The van der Waals surface area contributed by atoms with Gasteiger partial charge in [-0.05, 0) is 37.6 Å². The maximum Gasteiger partial charge on any atom is 0.230 e. The number of carbonyl (C=O) groups excluding carboxylic acids is 1. The molecule has 144 valence electrons. The molecule has 0 aliphatic carbocycles. The second-order valence-corrected chi connectivity index (χ2v) is 7.54. The monoisotopic (exact) mass is 395 g/mol. The van der Waals surface area contributed by atoms with E-state index in [9.17, 15) is 4.79 Å². The van der Waals surface area contributed by atoms with E-state index in [1.807, 2.05) is 56.3 Å². The molecule has 0 unspecified atom stereocenters. The molecule has 0 saturated carbocycles. The summed E-state index contributed by atoms with van der Waals surface area (Å²) in [5, 5.41) is 4.82. The lowest BCUT2D eigenvalue weighted by Crippen LogP contribution is -2.28. The topological polar surface area (TPSA) is 73.3 Å². The van der Waals surface area contributed by atoms with E-state index in [0.717, 1.165) is 33.0 Å². The van der Waals surface area contributed by atoms with Crippen molar-refractivity contribution in [3.8, 4) is 11.5 Å². The lowest BCUT2D eigenvalue weighted by Gasteiger charge is -2.21. The highest BCUT2D eigenvalue weighted by Crippen LogP contribution is 2.32. The molecule has 1 atom stereocenters. The molecule has 2 aromatic carbocycles. The Morgan fingerprint density at radius 2 is 1.93 bits per heavy atom. The molecule has 1 N–H and O–H groups in total. The lowest BCUT2D eigenvalue weighted by molar-refractivity contribution is -0.119. The van der Waals surface area contributed by atoms with Crippen molar-refractivity contribution >= 4 is 28.6 Å². The fourth-order valence-electron chi connectivity index (χ4n) is 3.10. The normalized spacial score (nSPS) is 13.9. The van der Waals surface area contributed by atoms with Crippen LogP contribution in [0.2, 0.25) is 0 Å². The molecule has 1 aliphatic rings. The van der Waals surface area contributed by atoms with Gasteiger partial charge in [0.25, 0.3) is 0 Å². The molecular formula is C21H21N3O3S. The minimum Gasteiger partial charge on any atom is -0.486 e. The van der Waals surface area contributed by atoms with Crippen LogP contribution in [0.25, 0.3) is 10.9 Å². The van der Waals surface area contributed by atoms with Crippen molar-refractivity contribution in [2.75, 3.05) is 19.0 Å². The van der Waals surface area contributed by atoms with Crippen LogP contribution in [0.5, 0.6) is 11.5 Å². The minimum absolute atomic E-state index is 0.0484. The van der Waals surface area contributed by atoms with Crippen LogP contribution < -0.4 is 14.8 Å². The molecule has 1 amide bonds. The van der Waals surface area contributed by atoms with E-state index in [2.05, 4.69) is 15.3 Å². The van der Waals surface area contributed by atoms with Crippen molar-refractivity contribution in [2.45, 2.75) is 24.9 Å². The van der Waals surface area contributed by atoms with Gasteiger partial charge in [-0.3, -0.25) is 4.79 Å². The van der Waals surface area contributed by atoms with E-state index < -0.39 is 0 Å². The van der Waals surface area contributed by atoms with Crippen LogP contribution in [-0.2, 0) is 4.79 Å². The number of aromatic nitrogens is 2. The summed E-state index contributed by atoms with van der Waals surface area (Å²) in [4.78, 5) is 21.4. The number of carbonyl (C=O) groups is 1. The van der Waals surface area contributed by atoms with E-state index in [0.29, 0.717) is 19.0 Å². The van der Waals surface area contributed by atoms with Gasteiger partial charge >= 0.3 is 0 Å². The SMILES string of the molecule is Cc1nc(SCC(=O)N[C@@H](C)c2ccc3c(c2)OCCO3)c2ccccc2n1. The third-order valence-electron chi connectivity index (χ3n) is 4.46. The van der Waals surface area contributed by atoms with Crippen LogP contribution in [-0.4, -0.2) is 34.8 Å². The Morgan fingerprint density at radius 1 is 1.14 bits per heavy atom. The number of para-hydroxylation sites is 1. The van der Waals surface area contributed by atoms with Gasteiger partial charge in [-0.15, -0.1) is 0 Å². The highest BCUT2D eigenvalue weighted by molar-refractivity contribution is 8.00. The van der Waals surface area contributed by atoms with Crippen molar-refractivity contribution in [2.24, 2.45) is 0 Å². The minimum atomic E-state index is -0.132. The summed E-state index contributed by atoms with van der Waals surface area (Å²) < 4.78 is 11.2. The van der Waals surface area contributed by atoms with Crippen LogP contribution in [0, 0.1) is 6.92 Å². The van der Waals surface area contributed by atoms with Crippen molar-refractivity contribution in [3.63, 3.8) is 0 Å². The third kappa shape index (κ3) is 4.04. The summed E-state index contributed by atoms with van der Waals surface area (Å²) in [6.07, 6.45) is 0. The van der Waals surface area contributed by atoms with Gasteiger partial charge < -0.3 is 14.8 Å². The molecule has 1 aliphatic heterocycles. The molecule has 4 rings (SSSR count). The van der Waals surface area contributed by atoms with Crippen LogP contribution >= 0.6 is 11.8 Å². The van der Waals surface area contributed by atoms with Crippen LogP contribution in [0.1, 0.15) is 24.4 Å². The highest BCUT2D eigenvalue weighted by Gasteiger charge is 2.16. The number of aryl methyl sites for hydroxylation is 1.